The van der Waals surface area contributed by atoms with Gasteiger partial charge in [-0.15, -0.1) is 23.2 Å². The lowest BCUT2D eigenvalue weighted by Gasteiger charge is -2.54. The van der Waals surface area contributed by atoms with Crippen molar-refractivity contribution in [2.75, 3.05) is 5.32 Å². The Morgan fingerprint density at radius 3 is 1.68 bits per heavy atom. The van der Waals surface area contributed by atoms with E-state index < -0.39 is 45.3 Å². The summed E-state index contributed by atoms with van der Waals surface area (Å²) in [5, 5.41) is 3.39. The van der Waals surface area contributed by atoms with Gasteiger partial charge in [-0.2, -0.15) is 0 Å². The van der Waals surface area contributed by atoms with Gasteiger partial charge in [-0.05, 0) is 52.8 Å². The lowest BCUT2D eigenvalue weighted by atomic mass is 9.54. The SMILES string of the molecule is Cc1c(Cl)cccc1NC(=O)[C@H](C(C)C)N1C(=O)[C@H]2[C@H](C1=O)C1(Cl)c3ccccc3C2(Cl)c2ccccc21. The molecule has 2 bridgehead atoms. The molecule has 38 heavy (non-hydrogen) atoms. The summed E-state index contributed by atoms with van der Waals surface area (Å²) < 4.78 is 0. The summed E-state index contributed by atoms with van der Waals surface area (Å²) in [7, 11) is 0. The molecule has 0 saturated carbocycles. The van der Waals surface area contributed by atoms with Gasteiger partial charge in [0, 0.05) is 10.7 Å². The van der Waals surface area contributed by atoms with Crippen molar-refractivity contribution < 1.29 is 14.4 Å². The smallest absolute Gasteiger partial charge is 0.247 e. The lowest BCUT2D eigenvalue weighted by molar-refractivity contribution is -0.148. The predicted molar refractivity (Wildman–Crippen MR) is 148 cm³/mol. The molecule has 1 saturated heterocycles. The molecule has 3 aromatic carbocycles. The predicted octanol–water partition coefficient (Wildman–Crippen LogP) is 6.20. The second-order valence-electron chi connectivity index (χ2n) is 10.6. The number of nitrogens with zero attached hydrogens (tertiary/aromatic N) is 1. The number of benzene rings is 3. The fourth-order valence-electron chi connectivity index (χ4n) is 6.63. The van der Waals surface area contributed by atoms with Crippen molar-refractivity contribution >= 4 is 58.2 Å². The van der Waals surface area contributed by atoms with E-state index in [-0.39, 0.29) is 5.92 Å². The number of alkyl halides is 2. The largest absolute Gasteiger partial charge is 0.324 e. The number of rotatable bonds is 4. The molecule has 0 unspecified atom stereocenters. The number of carbonyl (C=O) groups excluding carboxylic acids is 3. The average molecular weight is 568 g/mol. The first-order valence-corrected chi connectivity index (χ1v) is 13.7. The van der Waals surface area contributed by atoms with Crippen molar-refractivity contribution in [2.24, 2.45) is 17.8 Å². The highest BCUT2D eigenvalue weighted by molar-refractivity contribution is 6.36. The highest BCUT2D eigenvalue weighted by Crippen LogP contribution is 2.69. The number of anilines is 1. The quantitative estimate of drug-likeness (QED) is 0.301. The maximum Gasteiger partial charge on any atom is 0.247 e. The number of imide groups is 1. The van der Waals surface area contributed by atoms with Crippen LogP contribution in [0.25, 0.3) is 0 Å². The molecule has 4 aliphatic rings. The Balaban J connectivity index is 1.49. The van der Waals surface area contributed by atoms with Gasteiger partial charge >= 0.3 is 0 Å². The van der Waals surface area contributed by atoms with Crippen molar-refractivity contribution in [3.8, 4) is 0 Å². The molecule has 194 valence electrons. The first-order chi connectivity index (χ1) is 18.0. The van der Waals surface area contributed by atoms with Gasteiger partial charge in [0.15, 0.2) is 0 Å². The van der Waals surface area contributed by atoms with Crippen LogP contribution in [0.15, 0.2) is 66.7 Å². The van der Waals surface area contributed by atoms with Crippen LogP contribution in [0.3, 0.4) is 0 Å². The topological polar surface area (TPSA) is 66.5 Å². The average Bonchev–Trinajstić information content (AvgIpc) is 3.16. The molecule has 1 N–H and O–H groups in total. The first kappa shape index (κ1) is 25.4. The van der Waals surface area contributed by atoms with Crippen molar-refractivity contribution in [3.05, 3.63) is 99.6 Å². The number of nitrogens with one attached hydrogen (secondary N) is 1. The van der Waals surface area contributed by atoms with E-state index in [4.69, 9.17) is 34.8 Å². The molecule has 5 nitrogen and oxygen atoms in total. The number of halogens is 3. The van der Waals surface area contributed by atoms with Gasteiger partial charge in [-0.1, -0.05) is 80.0 Å². The first-order valence-electron chi connectivity index (χ1n) is 12.5. The van der Waals surface area contributed by atoms with E-state index >= 15 is 0 Å². The molecule has 3 atom stereocenters. The van der Waals surface area contributed by atoms with E-state index in [1.165, 1.54) is 0 Å². The van der Waals surface area contributed by atoms with Gasteiger partial charge < -0.3 is 5.32 Å². The minimum atomic E-state index is -1.29. The van der Waals surface area contributed by atoms with Crippen LogP contribution in [-0.2, 0) is 24.1 Å². The maximum atomic E-state index is 14.3. The zero-order valence-corrected chi connectivity index (χ0v) is 23.2. The van der Waals surface area contributed by atoms with E-state index in [0.29, 0.717) is 16.3 Å². The van der Waals surface area contributed by atoms with Crippen LogP contribution in [0.5, 0.6) is 0 Å². The Bertz CT molecular complexity index is 1410. The van der Waals surface area contributed by atoms with E-state index in [0.717, 1.165) is 27.2 Å². The molecule has 8 heteroatoms. The lowest BCUT2D eigenvalue weighted by Crippen LogP contribution is -2.57. The minimum absolute atomic E-state index is 0.373. The Kier molecular flexibility index (Phi) is 5.73. The normalized spacial score (nSPS) is 27.7. The van der Waals surface area contributed by atoms with Gasteiger partial charge in [0.1, 0.15) is 15.8 Å². The molecule has 3 amide bonds. The third-order valence-corrected chi connectivity index (χ3v) is 10.0. The second kappa shape index (κ2) is 8.57. The molecule has 3 aliphatic carbocycles. The van der Waals surface area contributed by atoms with Gasteiger partial charge in [0.2, 0.25) is 17.7 Å². The third kappa shape index (κ3) is 3.10. The fourth-order valence-corrected chi connectivity index (χ4v) is 7.90. The van der Waals surface area contributed by atoms with E-state index in [1.807, 2.05) is 62.4 Å². The Hall–Kier alpha value is -2.86. The highest BCUT2D eigenvalue weighted by atomic mass is 35.5. The summed E-state index contributed by atoms with van der Waals surface area (Å²) in [6.07, 6.45) is 0. The van der Waals surface area contributed by atoms with Gasteiger partial charge in [0.05, 0.1) is 11.8 Å². The molecule has 0 aromatic heterocycles. The maximum absolute atomic E-state index is 14.3. The Labute approximate surface area is 236 Å². The number of hydrogen-bond donors (Lipinski definition) is 1. The summed E-state index contributed by atoms with van der Waals surface area (Å²) in [5.41, 5.74) is 4.10. The number of amides is 3. The van der Waals surface area contributed by atoms with Crippen LogP contribution in [0.4, 0.5) is 5.69 Å². The van der Waals surface area contributed by atoms with Crippen molar-refractivity contribution in [3.63, 3.8) is 0 Å². The van der Waals surface area contributed by atoms with Crippen LogP contribution < -0.4 is 5.32 Å². The zero-order chi connectivity index (χ0) is 27.1. The molecule has 0 radical (unpaired) electrons. The second-order valence-corrected chi connectivity index (χ2v) is 12.2. The summed E-state index contributed by atoms with van der Waals surface area (Å²) in [6, 6.07) is 19.1. The summed E-state index contributed by atoms with van der Waals surface area (Å²) >= 11 is 21.3. The van der Waals surface area contributed by atoms with Crippen molar-refractivity contribution in [1.29, 1.82) is 0 Å². The standard InChI is InChI=1S/C30H25Cl3N2O3/c1-15(2)25(26(36)34-22-14-8-13-21(31)16(22)3)35-27(37)23-24(28(35)38)30(33)18-10-5-4-9-17(18)29(23,32)19-11-6-7-12-20(19)30/h4-15,23-25H,1-3H3,(H,34,36)/t23-,24-,25+,29?,30?/m1/s1. The van der Waals surface area contributed by atoms with Crippen LogP contribution in [0, 0.1) is 24.7 Å². The molecular weight excluding hydrogens is 543 g/mol. The van der Waals surface area contributed by atoms with E-state index in [1.54, 1.807) is 25.1 Å². The summed E-state index contributed by atoms with van der Waals surface area (Å²) in [5.74, 6) is -3.73. The number of likely N-dealkylation sites (tertiary alicyclic amines) is 1. The molecule has 0 spiro atoms. The van der Waals surface area contributed by atoms with Gasteiger partial charge in [-0.25, -0.2) is 0 Å². The minimum Gasteiger partial charge on any atom is -0.324 e. The summed E-state index contributed by atoms with van der Waals surface area (Å²) in [4.78, 5) is 40.8. The van der Waals surface area contributed by atoms with Crippen LogP contribution in [-0.4, -0.2) is 28.7 Å². The Morgan fingerprint density at radius 1 is 0.816 bits per heavy atom. The van der Waals surface area contributed by atoms with Gasteiger partial charge in [0.25, 0.3) is 0 Å². The van der Waals surface area contributed by atoms with Crippen LogP contribution >= 0.6 is 34.8 Å². The van der Waals surface area contributed by atoms with E-state index in [9.17, 15) is 14.4 Å². The summed E-state index contributed by atoms with van der Waals surface area (Å²) in [6.45, 7) is 5.41. The third-order valence-electron chi connectivity index (χ3n) is 8.32. The molecule has 3 aromatic rings. The molecule has 7 rings (SSSR count). The van der Waals surface area contributed by atoms with Crippen molar-refractivity contribution in [2.45, 2.75) is 36.6 Å². The molecule has 1 aliphatic heterocycles. The molecule has 1 fully saturated rings. The zero-order valence-electron chi connectivity index (χ0n) is 21.0. The Morgan fingerprint density at radius 2 is 1.26 bits per heavy atom. The van der Waals surface area contributed by atoms with Crippen LogP contribution in [0.1, 0.15) is 41.7 Å². The number of hydrogen-bond acceptors (Lipinski definition) is 3. The van der Waals surface area contributed by atoms with Gasteiger partial charge in [-0.3, -0.25) is 19.3 Å². The fraction of sp³-hybridized carbons (Fsp3) is 0.300. The molecule has 1 heterocycles. The number of carbonyl (C=O) groups is 3. The van der Waals surface area contributed by atoms with Crippen LogP contribution in [0.2, 0.25) is 5.02 Å². The monoisotopic (exact) mass is 566 g/mol. The molecular formula is C30H25Cl3N2O3. The highest BCUT2D eigenvalue weighted by Gasteiger charge is 2.73. The van der Waals surface area contributed by atoms with E-state index in [2.05, 4.69) is 5.32 Å². The van der Waals surface area contributed by atoms with Crippen molar-refractivity contribution in [1.82, 2.24) is 4.90 Å².